The first-order valence-corrected chi connectivity index (χ1v) is 5.57. The summed E-state index contributed by atoms with van der Waals surface area (Å²) in [5.41, 5.74) is 0.150. The number of phenols is 1. The molecule has 0 fully saturated rings. The third-order valence-electron chi connectivity index (χ3n) is 1.83. The molecule has 0 aliphatic rings. The summed E-state index contributed by atoms with van der Waals surface area (Å²) in [6, 6.07) is 4.63. The van der Waals surface area contributed by atoms with Gasteiger partial charge in [-0.3, -0.25) is 9.59 Å². The summed E-state index contributed by atoms with van der Waals surface area (Å²) in [5, 5.41) is 20.2. The Bertz CT molecular complexity index is 419. The molecule has 0 spiro atoms. The highest BCUT2D eigenvalue weighted by Crippen LogP contribution is 2.19. The smallest absolute Gasteiger partial charge is 0.305 e. The number of benzene rings is 1. The molecule has 1 aromatic rings. The summed E-state index contributed by atoms with van der Waals surface area (Å²) in [4.78, 5) is 21.8. The van der Waals surface area contributed by atoms with Crippen molar-refractivity contribution >= 4 is 34.5 Å². The molecule has 5 nitrogen and oxygen atoms in total. The molecular weight excluding hydrogens is 325 g/mol. The number of carboxylic acid groups (broad SMARTS) is 1. The molecule has 16 heavy (non-hydrogen) atoms. The van der Waals surface area contributed by atoms with Crippen LogP contribution in [0.5, 0.6) is 5.75 Å². The molecule has 1 amide bonds. The van der Waals surface area contributed by atoms with Crippen LogP contribution in [0.25, 0.3) is 0 Å². The molecule has 0 radical (unpaired) electrons. The van der Waals surface area contributed by atoms with E-state index in [1.54, 1.807) is 6.07 Å². The van der Waals surface area contributed by atoms with E-state index in [1.807, 2.05) is 22.6 Å². The fourth-order valence-corrected chi connectivity index (χ4v) is 1.56. The number of phenolic OH excluding ortho intramolecular Hbond substituents is 1. The van der Waals surface area contributed by atoms with Gasteiger partial charge in [0.05, 0.1) is 12.0 Å². The van der Waals surface area contributed by atoms with E-state index in [4.69, 9.17) is 5.11 Å². The van der Waals surface area contributed by atoms with E-state index in [0.29, 0.717) is 0 Å². The second-order valence-electron chi connectivity index (χ2n) is 3.06. The van der Waals surface area contributed by atoms with Gasteiger partial charge in [0.2, 0.25) is 0 Å². The molecule has 1 aromatic carbocycles. The maximum atomic E-state index is 11.5. The van der Waals surface area contributed by atoms with Gasteiger partial charge >= 0.3 is 5.97 Å². The Kier molecular flexibility index (Phi) is 4.53. The SMILES string of the molecule is O=C(O)CCNC(=O)c1cc(I)ccc1O. The molecular formula is C10H10INO4. The van der Waals surface area contributed by atoms with E-state index in [-0.39, 0.29) is 24.3 Å². The van der Waals surface area contributed by atoms with Crippen LogP contribution in [0.15, 0.2) is 18.2 Å². The molecule has 0 atom stereocenters. The molecule has 6 heteroatoms. The van der Waals surface area contributed by atoms with Gasteiger partial charge in [-0.1, -0.05) is 0 Å². The normalized spacial score (nSPS) is 9.81. The zero-order valence-electron chi connectivity index (χ0n) is 8.24. The lowest BCUT2D eigenvalue weighted by molar-refractivity contribution is -0.136. The maximum Gasteiger partial charge on any atom is 0.305 e. The lowest BCUT2D eigenvalue weighted by Gasteiger charge is -2.05. The number of halogens is 1. The van der Waals surface area contributed by atoms with E-state index in [0.717, 1.165) is 3.57 Å². The standard InChI is InChI=1S/C10H10INO4/c11-6-1-2-8(13)7(5-6)10(16)12-4-3-9(14)15/h1-2,5,13H,3-4H2,(H,12,16)(H,14,15). The Balaban J connectivity index is 2.65. The highest BCUT2D eigenvalue weighted by atomic mass is 127. The first-order chi connectivity index (χ1) is 7.50. The number of carbonyl (C=O) groups excluding carboxylic acids is 1. The van der Waals surface area contributed by atoms with Gasteiger partial charge in [-0.05, 0) is 40.8 Å². The summed E-state index contributed by atoms with van der Waals surface area (Å²) in [6.45, 7) is 0.0408. The zero-order chi connectivity index (χ0) is 12.1. The van der Waals surface area contributed by atoms with Crippen LogP contribution >= 0.6 is 22.6 Å². The van der Waals surface area contributed by atoms with Crippen LogP contribution in [0.4, 0.5) is 0 Å². The van der Waals surface area contributed by atoms with Gasteiger partial charge in [-0.2, -0.15) is 0 Å². The van der Waals surface area contributed by atoms with Crippen molar-refractivity contribution in [3.63, 3.8) is 0 Å². The zero-order valence-corrected chi connectivity index (χ0v) is 10.4. The van der Waals surface area contributed by atoms with Gasteiger partial charge in [0, 0.05) is 10.1 Å². The van der Waals surface area contributed by atoms with Gasteiger partial charge in [0.15, 0.2) is 0 Å². The number of aliphatic carboxylic acids is 1. The minimum atomic E-state index is -0.979. The Morgan fingerprint density at radius 2 is 2.06 bits per heavy atom. The number of rotatable bonds is 4. The van der Waals surface area contributed by atoms with Gasteiger partial charge in [0.25, 0.3) is 5.91 Å². The average Bonchev–Trinajstić information content (AvgIpc) is 2.21. The Morgan fingerprint density at radius 3 is 2.69 bits per heavy atom. The van der Waals surface area contributed by atoms with Crippen LogP contribution in [0.1, 0.15) is 16.8 Å². The lowest BCUT2D eigenvalue weighted by atomic mass is 10.2. The summed E-state index contributed by atoms with van der Waals surface area (Å²) < 4.78 is 0.818. The maximum absolute atomic E-state index is 11.5. The van der Waals surface area contributed by atoms with Crippen molar-refractivity contribution in [2.24, 2.45) is 0 Å². The number of aromatic hydroxyl groups is 1. The van der Waals surface area contributed by atoms with Crippen molar-refractivity contribution < 1.29 is 19.8 Å². The molecule has 0 aromatic heterocycles. The summed E-state index contributed by atoms with van der Waals surface area (Å²) in [5.74, 6) is -1.57. The van der Waals surface area contributed by atoms with Crippen molar-refractivity contribution in [1.29, 1.82) is 0 Å². The number of hydrogen-bond donors (Lipinski definition) is 3. The third kappa shape index (κ3) is 3.69. The van der Waals surface area contributed by atoms with E-state index in [9.17, 15) is 14.7 Å². The van der Waals surface area contributed by atoms with Crippen molar-refractivity contribution in [3.8, 4) is 5.75 Å². The molecule has 0 heterocycles. The van der Waals surface area contributed by atoms with Crippen molar-refractivity contribution in [2.45, 2.75) is 6.42 Å². The van der Waals surface area contributed by atoms with Crippen molar-refractivity contribution in [3.05, 3.63) is 27.3 Å². The first kappa shape index (κ1) is 12.8. The van der Waals surface area contributed by atoms with E-state index < -0.39 is 11.9 Å². The molecule has 1 rings (SSSR count). The highest BCUT2D eigenvalue weighted by Gasteiger charge is 2.11. The van der Waals surface area contributed by atoms with Crippen molar-refractivity contribution in [1.82, 2.24) is 5.32 Å². The largest absolute Gasteiger partial charge is 0.507 e. The summed E-state index contributed by atoms with van der Waals surface area (Å²) in [7, 11) is 0. The van der Waals surface area contributed by atoms with Crippen LogP contribution in [0, 0.1) is 3.57 Å². The quantitative estimate of drug-likeness (QED) is 0.722. The van der Waals surface area contributed by atoms with Gasteiger partial charge < -0.3 is 15.5 Å². The van der Waals surface area contributed by atoms with Crippen LogP contribution < -0.4 is 5.32 Å². The van der Waals surface area contributed by atoms with E-state index >= 15 is 0 Å². The van der Waals surface area contributed by atoms with Gasteiger partial charge in [-0.25, -0.2) is 0 Å². The molecule has 0 saturated heterocycles. The molecule has 0 aliphatic carbocycles. The fraction of sp³-hybridized carbons (Fsp3) is 0.200. The molecule has 0 aliphatic heterocycles. The minimum absolute atomic E-state index is 0.0408. The monoisotopic (exact) mass is 335 g/mol. The van der Waals surface area contributed by atoms with E-state index in [1.165, 1.54) is 12.1 Å². The Hall–Kier alpha value is -1.31. The Morgan fingerprint density at radius 1 is 1.38 bits per heavy atom. The van der Waals surface area contributed by atoms with Gasteiger partial charge in [0.1, 0.15) is 5.75 Å². The lowest BCUT2D eigenvalue weighted by Crippen LogP contribution is -2.26. The molecule has 0 bridgehead atoms. The second-order valence-corrected chi connectivity index (χ2v) is 4.31. The number of amides is 1. The summed E-state index contributed by atoms with van der Waals surface area (Å²) >= 11 is 2.02. The number of nitrogens with one attached hydrogen (secondary N) is 1. The Labute approximate surface area is 106 Å². The molecule has 0 saturated carbocycles. The fourth-order valence-electron chi connectivity index (χ4n) is 1.07. The average molecular weight is 335 g/mol. The van der Waals surface area contributed by atoms with Crippen LogP contribution in [0.3, 0.4) is 0 Å². The second kappa shape index (κ2) is 5.69. The predicted octanol–water partition coefficient (Wildman–Crippen LogP) is 1.20. The number of carboxylic acids is 1. The minimum Gasteiger partial charge on any atom is -0.507 e. The summed E-state index contributed by atoms with van der Waals surface area (Å²) in [6.07, 6.45) is -0.142. The number of hydrogen-bond acceptors (Lipinski definition) is 3. The van der Waals surface area contributed by atoms with Crippen molar-refractivity contribution in [2.75, 3.05) is 6.54 Å². The molecule has 0 unspecified atom stereocenters. The first-order valence-electron chi connectivity index (χ1n) is 4.49. The topological polar surface area (TPSA) is 86.6 Å². The highest BCUT2D eigenvalue weighted by molar-refractivity contribution is 14.1. The van der Waals surface area contributed by atoms with Crippen LogP contribution in [-0.4, -0.2) is 28.6 Å². The third-order valence-corrected chi connectivity index (χ3v) is 2.50. The molecule has 86 valence electrons. The number of carbonyl (C=O) groups is 2. The molecule has 3 N–H and O–H groups in total. The van der Waals surface area contributed by atoms with E-state index in [2.05, 4.69) is 5.32 Å². The van der Waals surface area contributed by atoms with Crippen LogP contribution in [-0.2, 0) is 4.79 Å². The predicted molar refractivity (Wildman–Crippen MR) is 65.4 cm³/mol. The van der Waals surface area contributed by atoms with Crippen LogP contribution in [0.2, 0.25) is 0 Å². The van der Waals surface area contributed by atoms with Gasteiger partial charge in [-0.15, -0.1) is 0 Å².